The van der Waals surface area contributed by atoms with Gasteiger partial charge in [-0.05, 0) is 61.9 Å². The van der Waals surface area contributed by atoms with Crippen molar-refractivity contribution in [1.82, 2.24) is 34.6 Å². The third kappa shape index (κ3) is 3.61. The van der Waals surface area contributed by atoms with E-state index in [0.717, 1.165) is 48.3 Å². The lowest BCUT2D eigenvalue weighted by Gasteiger charge is -2.29. The molecule has 1 saturated heterocycles. The average Bonchev–Trinajstić information content (AvgIpc) is 3.26. The first-order valence-electron chi connectivity index (χ1n) is 9.12. The number of likely N-dealkylation sites (tertiary alicyclic amines) is 1. The molecule has 1 N–H and O–H groups in total. The van der Waals surface area contributed by atoms with Gasteiger partial charge in [-0.3, -0.25) is 9.48 Å². The fraction of sp³-hybridized carbons (Fsp3) is 0.444. The van der Waals surface area contributed by atoms with Gasteiger partial charge in [-0.2, -0.15) is 10.2 Å². The number of hydrogen-bond donors (Lipinski definition) is 1. The Morgan fingerprint density at radius 2 is 2.11 bits per heavy atom. The molecule has 0 bridgehead atoms. The smallest absolute Gasteiger partial charge is 0.272 e. The van der Waals surface area contributed by atoms with Crippen LogP contribution >= 0.6 is 15.9 Å². The molecular formula is C18H22BrN7O. The van der Waals surface area contributed by atoms with Crippen molar-refractivity contribution in [3.05, 3.63) is 34.7 Å². The largest absolute Gasteiger partial charge is 0.348 e. The number of amides is 1. The van der Waals surface area contributed by atoms with Gasteiger partial charge in [0.15, 0.2) is 11.3 Å². The summed E-state index contributed by atoms with van der Waals surface area (Å²) >= 11 is 3.56. The van der Waals surface area contributed by atoms with Gasteiger partial charge in [-0.25, -0.2) is 9.50 Å². The summed E-state index contributed by atoms with van der Waals surface area (Å²) in [6, 6.07) is 3.77. The molecule has 1 fully saturated rings. The van der Waals surface area contributed by atoms with E-state index in [-0.39, 0.29) is 11.9 Å². The van der Waals surface area contributed by atoms with Crippen molar-refractivity contribution in [3.63, 3.8) is 0 Å². The third-order valence-electron chi connectivity index (χ3n) is 4.93. The summed E-state index contributed by atoms with van der Waals surface area (Å²) in [5, 5.41) is 12.2. The molecule has 9 heteroatoms. The van der Waals surface area contributed by atoms with E-state index in [1.165, 1.54) is 0 Å². The van der Waals surface area contributed by atoms with E-state index in [9.17, 15) is 4.79 Å². The lowest BCUT2D eigenvalue weighted by Crippen LogP contribution is -2.43. The van der Waals surface area contributed by atoms with Crippen LogP contribution in [0.25, 0.3) is 17.0 Å². The van der Waals surface area contributed by atoms with Gasteiger partial charge >= 0.3 is 0 Å². The number of hydrogen-bond acceptors (Lipinski definition) is 5. The van der Waals surface area contributed by atoms with Crippen LogP contribution in [0.5, 0.6) is 0 Å². The lowest BCUT2D eigenvalue weighted by atomic mass is 10.1. The second kappa shape index (κ2) is 7.40. The first kappa shape index (κ1) is 18.1. The van der Waals surface area contributed by atoms with Crippen molar-refractivity contribution in [3.8, 4) is 11.4 Å². The molecule has 1 aliphatic heterocycles. The summed E-state index contributed by atoms with van der Waals surface area (Å²) in [4.78, 5) is 19.3. The minimum Gasteiger partial charge on any atom is -0.348 e. The fourth-order valence-corrected chi connectivity index (χ4v) is 3.85. The predicted molar refractivity (Wildman–Crippen MR) is 106 cm³/mol. The monoisotopic (exact) mass is 431 g/mol. The normalized spacial score (nSPS) is 16.1. The van der Waals surface area contributed by atoms with Crippen LogP contribution in [0.4, 0.5) is 0 Å². The Labute approximate surface area is 165 Å². The molecule has 0 saturated carbocycles. The maximum atomic E-state index is 12.7. The molecule has 4 rings (SSSR count). The topological polar surface area (TPSA) is 80.4 Å². The number of piperidine rings is 1. The summed E-state index contributed by atoms with van der Waals surface area (Å²) < 4.78 is 4.41. The zero-order valence-corrected chi connectivity index (χ0v) is 17.0. The SMILES string of the molecule is CCn1cc(Br)c(-c2ccnc3cc(C(=O)NC4CCN(C)CC4)nn23)n1. The molecule has 3 aromatic rings. The van der Waals surface area contributed by atoms with Gasteiger partial charge in [0, 0.05) is 31.0 Å². The van der Waals surface area contributed by atoms with Crippen LogP contribution in [0.2, 0.25) is 0 Å². The van der Waals surface area contributed by atoms with E-state index in [2.05, 4.69) is 48.4 Å². The number of aryl methyl sites for hydroxylation is 1. The molecule has 27 heavy (non-hydrogen) atoms. The standard InChI is InChI=1S/C18H22BrN7O/c1-3-25-11-13(19)17(23-25)15-4-7-20-16-10-14(22-26(15)16)18(27)21-12-5-8-24(2)9-6-12/h4,7,10-12H,3,5-6,8-9H2,1-2H3,(H,21,27). The molecule has 4 heterocycles. The van der Waals surface area contributed by atoms with E-state index >= 15 is 0 Å². The molecule has 0 atom stereocenters. The van der Waals surface area contributed by atoms with Crippen molar-refractivity contribution in [2.24, 2.45) is 0 Å². The number of carbonyl (C=O) groups excluding carboxylic acids is 1. The molecule has 0 spiro atoms. The van der Waals surface area contributed by atoms with E-state index in [4.69, 9.17) is 0 Å². The van der Waals surface area contributed by atoms with Crippen molar-refractivity contribution in [2.75, 3.05) is 20.1 Å². The number of nitrogens with zero attached hydrogens (tertiary/aromatic N) is 6. The fourth-order valence-electron chi connectivity index (χ4n) is 3.33. The van der Waals surface area contributed by atoms with Crippen molar-refractivity contribution < 1.29 is 4.79 Å². The molecule has 0 radical (unpaired) electrons. The molecule has 0 aromatic carbocycles. The van der Waals surface area contributed by atoms with Gasteiger partial charge in [0.25, 0.3) is 5.91 Å². The summed E-state index contributed by atoms with van der Waals surface area (Å²) in [5.74, 6) is -0.154. The average molecular weight is 432 g/mol. The first-order valence-corrected chi connectivity index (χ1v) is 9.92. The Balaban J connectivity index is 1.62. The van der Waals surface area contributed by atoms with E-state index in [1.807, 2.05) is 23.9 Å². The predicted octanol–water partition coefficient (Wildman–Crippen LogP) is 2.20. The van der Waals surface area contributed by atoms with Crippen LogP contribution in [-0.2, 0) is 6.54 Å². The summed E-state index contributed by atoms with van der Waals surface area (Å²) in [6.07, 6.45) is 5.56. The van der Waals surface area contributed by atoms with Crippen LogP contribution in [-0.4, -0.2) is 61.4 Å². The lowest BCUT2D eigenvalue weighted by molar-refractivity contribution is 0.0911. The summed E-state index contributed by atoms with van der Waals surface area (Å²) in [5.41, 5.74) is 2.56. The first-order chi connectivity index (χ1) is 13.0. The summed E-state index contributed by atoms with van der Waals surface area (Å²) in [6.45, 7) is 4.80. The third-order valence-corrected chi connectivity index (χ3v) is 5.51. The van der Waals surface area contributed by atoms with Crippen molar-refractivity contribution >= 4 is 27.5 Å². The molecule has 0 aliphatic carbocycles. The number of nitrogens with one attached hydrogen (secondary N) is 1. The van der Waals surface area contributed by atoms with Crippen LogP contribution in [0, 0.1) is 0 Å². The minimum absolute atomic E-state index is 0.154. The zero-order chi connectivity index (χ0) is 19.0. The quantitative estimate of drug-likeness (QED) is 0.684. The minimum atomic E-state index is -0.154. The van der Waals surface area contributed by atoms with Crippen LogP contribution < -0.4 is 5.32 Å². The molecule has 1 aliphatic rings. The Morgan fingerprint density at radius 3 is 2.81 bits per heavy atom. The molecule has 8 nitrogen and oxygen atoms in total. The maximum Gasteiger partial charge on any atom is 0.272 e. The van der Waals surface area contributed by atoms with Crippen LogP contribution in [0.1, 0.15) is 30.3 Å². The molecule has 0 unspecified atom stereocenters. The summed E-state index contributed by atoms with van der Waals surface area (Å²) in [7, 11) is 2.10. The number of rotatable bonds is 4. The molecular weight excluding hydrogens is 410 g/mol. The van der Waals surface area contributed by atoms with Gasteiger partial charge < -0.3 is 10.2 Å². The number of aromatic nitrogens is 5. The van der Waals surface area contributed by atoms with E-state index < -0.39 is 0 Å². The van der Waals surface area contributed by atoms with E-state index in [0.29, 0.717) is 11.3 Å². The van der Waals surface area contributed by atoms with Gasteiger partial charge in [-0.1, -0.05) is 0 Å². The van der Waals surface area contributed by atoms with Crippen molar-refractivity contribution in [1.29, 1.82) is 0 Å². The molecule has 3 aromatic heterocycles. The van der Waals surface area contributed by atoms with E-state index in [1.54, 1.807) is 16.8 Å². The molecule has 1 amide bonds. The zero-order valence-electron chi connectivity index (χ0n) is 15.4. The highest BCUT2D eigenvalue weighted by molar-refractivity contribution is 9.10. The Kier molecular flexibility index (Phi) is 4.96. The highest BCUT2D eigenvalue weighted by Crippen LogP contribution is 2.26. The van der Waals surface area contributed by atoms with Gasteiger partial charge in [0.05, 0.1) is 10.2 Å². The second-order valence-corrected chi connectivity index (χ2v) is 7.72. The highest BCUT2D eigenvalue weighted by atomic mass is 79.9. The number of fused-ring (bicyclic) bond motifs is 1. The second-order valence-electron chi connectivity index (χ2n) is 6.86. The molecule has 142 valence electrons. The Bertz CT molecular complexity index is 971. The van der Waals surface area contributed by atoms with Crippen LogP contribution in [0.3, 0.4) is 0 Å². The van der Waals surface area contributed by atoms with Gasteiger partial charge in [0.2, 0.25) is 0 Å². The maximum absolute atomic E-state index is 12.7. The Morgan fingerprint density at radius 1 is 1.33 bits per heavy atom. The van der Waals surface area contributed by atoms with Crippen LogP contribution in [0.15, 0.2) is 29.0 Å². The van der Waals surface area contributed by atoms with Crippen molar-refractivity contribution in [2.45, 2.75) is 32.4 Å². The highest BCUT2D eigenvalue weighted by Gasteiger charge is 2.22. The van der Waals surface area contributed by atoms with Gasteiger partial charge in [0.1, 0.15) is 5.69 Å². The van der Waals surface area contributed by atoms with Gasteiger partial charge in [-0.15, -0.1) is 0 Å². The number of halogens is 1. The Hall–Kier alpha value is -2.26. The number of carbonyl (C=O) groups is 1.